The standard InChI is InChI=1S/C18H32N2O3/c1-15-14-20(11-12-23-15)16-5-9-19(10-6-16)17(21)13-18(22)7-3-2-4-8-18/h15-16,22H,2-14H2,1H3. The van der Waals surface area contributed by atoms with Gasteiger partial charge < -0.3 is 14.7 Å². The average Bonchev–Trinajstić information content (AvgIpc) is 2.55. The molecule has 0 bridgehead atoms. The summed E-state index contributed by atoms with van der Waals surface area (Å²) >= 11 is 0. The van der Waals surface area contributed by atoms with Gasteiger partial charge in [-0.3, -0.25) is 9.69 Å². The highest BCUT2D eigenvalue weighted by molar-refractivity contribution is 5.77. The van der Waals surface area contributed by atoms with Crippen LogP contribution in [0.4, 0.5) is 0 Å². The van der Waals surface area contributed by atoms with Crippen LogP contribution >= 0.6 is 0 Å². The van der Waals surface area contributed by atoms with Crippen LogP contribution < -0.4 is 0 Å². The Labute approximate surface area is 140 Å². The van der Waals surface area contributed by atoms with Gasteiger partial charge in [0.15, 0.2) is 0 Å². The maximum Gasteiger partial charge on any atom is 0.225 e. The van der Waals surface area contributed by atoms with E-state index in [1.807, 2.05) is 4.90 Å². The van der Waals surface area contributed by atoms with Crippen LogP contribution in [0.2, 0.25) is 0 Å². The molecule has 5 nitrogen and oxygen atoms in total. The van der Waals surface area contributed by atoms with E-state index in [0.29, 0.717) is 18.6 Å². The maximum atomic E-state index is 12.5. The summed E-state index contributed by atoms with van der Waals surface area (Å²) in [6, 6.07) is 0.586. The first kappa shape index (κ1) is 17.2. The zero-order valence-corrected chi connectivity index (χ0v) is 14.5. The molecule has 0 aromatic heterocycles. The fourth-order valence-electron chi connectivity index (χ4n) is 4.44. The number of likely N-dealkylation sites (tertiary alicyclic amines) is 1. The Morgan fingerprint density at radius 1 is 1.17 bits per heavy atom. The van der Waals surface area contributed by atoms with Gasteiger partial charge in [-0.15, -0.1) is 0 Å². The van der Waals surface area contributed by atoms with E-state index < -0.39 is 5.60 Å². The van der Waals surface area contributed by atoms with Crippen LogP contribution in [0.1, 0.15) is 58.3 Å². The molecule has 2 aliphatic heterocycles. The highest BCUT2D eigenvalue weighted by Crippen LogP contribution is 2.32. The number of hydrogen-bond donors (Lipinski definition) is 1. The number of ether oxygens (including phenoxy) is 1. The SMILES string of the molecule is CC1CN(C2CCN(C(=O)CC3(O)CCCCC3)CC2)CCO1. The minimum Gasteiger partial charge on any atom is -0.389 e. The zero-order chi connectivity index (χ0) is 16.3. The lowest BCUT2D eigenvalue weighted by Crippen LogP contribution is -2.52. The summed E-state index contributed by atoms with van der Waals surface area (Å²) < 4.78 is 5.62. The molecule has 0 aromatic rings. The van der Waals surface area contributed by atoms with E-state index in [4.69, 9.17) is 4.74 Å². The van der Waals surface area contributed by atoms with Crippen molar-refractivity contribution in [3.05, 3.63) is 0 Å². The molecule has 3 fully saturated rings. The third-order valence-corrected chi connectivity index (χ3v) is 5.87. The summed E-state index contributed by atoms with van der Waals surface area (Å²) in [5.41, 5.74) is -0.730. The summed E-state index contributed by atoms with van der Waals surface area (Å²) in [6.07, 6.45) is 7.65. The molecule has 1 saturated carbocycles. The third kappa shape index (κ3) is 4.46. The van der Waals surface area contributed by atoms with E-state index in [-0.39, 0.29) is 5.91 Å². The van der Waals surface area contributed by atoms with Crippen LogP contribution in [-0.4, -0.2) is 71.3 Å². The molecule has 1 unspecified atom stereocenters. The second kappa shape index (κ2) is 7.49. The lowest BCUT2D eigenvalue weighted by Gasteiger charge is -2.42. The van der Waals surface area contributed by atoms with Crippen molar-refractivity contribution < 1.29 is 14.6 Å². The first-order valence-corrected chi connectivity index (χ1v) is 9.42. The second-order valence-electron chi connectivity index (χ2n) is 7.75. The average molecular weight is 324 g/mol. The number of morpholine rings is 1. The molecular formula is C18H32N2O3. The lowest BCUT2D eigenvalue weighted by molar-refractivity contribution is -0.139. The van der Waals surface area contributed by atoms with Gasteiger partial charge in [0.25, 0.3) is 0 Å². The van der Waals surface area contributed by atoms with Crippen LogP contribution in [0.3, 0.4) is 0 Å². The van der Waals surface area contributed by atoms with Gasteiger partial charge in [-0.1, -0.05) is 19.3 Å². The van der Waals surface area contributed by atoms with E-state index in [1.54, 1.807) is 0 Å². The highest BCUT2D eigenvalue weighted by atomic mass is 16.5. The fourth-order valence-corrected chi connectivity index (χ4v) is 4.44. The monoisotopic (exact) mass is 324 g/mol. The molecule has 1 atom stereocenters. The Morgan fingerprint density at radius 3 is 2.52 bits per heavy atom. The topological polar surface area (TPSA) is 53.0 Å². The van der Waals surface area contributed by atoms with Gasteiger partial charge in [0.1, 0.15) is 0 Å². The summed E-state index contributed by atoms with van der Waals surface area (Å²) in [7, 11) is 0. The Balaban J connectivity index is 1.45. The molecule has 132 valence electrons. The zero-order valence-electron chi connectivity index (χ0n) is 14.5. The van der Waals surface area contributed by atoms with Crippen molar-refractivity contribution in [3.63, 3.8) is 0 Å². The van der Waals surface area contributed by atoms with Crippen molar-refractivity contribution in [3.8, 4) is 0 Å². The smallest absolute Gasteiger partial charge is 0.225 e. The van der Waals surface area contributed by atoms with Crippen LogP contribution in [0.25, 0.3) is 0 Å². The van der Waals surface area contributed by atoms with Crippen molar-refractivity contribution >= 4 is 5.91 Å². The molecule has 3 rings (SSSR count). The van der Waals surface area contributed by atoms with Crippen LogP contribution in [-0.2, 0) is 9.53 Å². The predicted octanol–water partition coefficient (Wildman–Crippen LogP) is 1.78. The first-order chi connectivity index (χ1) is 11.1. The Hall–Kier alpha value is -0.650. The largest absolute Gasteiger partial charge is 0.389 e. The fraction of sp³-hybridized carbons (Fsp3) is 0.944. The first-order valence-electron chi connectivity index (χ1n) is 9.42. The minimum absolute atomic E-state index is 0.156. The normalized spacial score (nSPS) is 30.3. The van der Waals surface area contributed by atoms with Crippen molar-refractivity contribution in [2.45, 2.75) is 76.0 Å². The predicted molar refractivity (Wildman–Crippen MR) is 89.2 cm³/mol. The van der Waals surface area contributed by atoms with E-state index >= 15 is 0 Å². The van der Waals surface area contributed by atoms with Crippen LogP contribution in [0.15, 0.2) is 0 Å². The van der Waals surface area contributed by atoms with Crippen molar-refractivity contribution in [2.24, 2.45) is 0 Å². The maximum absolute atomic E-state index is 12.5. The molecule has 0 radical (unpaired) electrons. The molecule has 0 spiro atoms. The Morgan fingerprint density at radius 2 is 1.87 bits per heavy atom. The third-order valence-electron chi connectivity index (χ3n) is 5.87. The molecule has 5 heteroatoms. The molecule has 1 N–H and O–H groups in total. The summed E-state index contributed by atoms with van der Waals surface area (Å²) in [5.74, 6) is 0.156. The van der Waals surface area contributed by atoms with Gasteiger partial charge in [-0.2, -0.15) is 0 Å². The number of hydrogen-bond acceptors (Lipinski definition) is 4. The number of piperidine rings is 1. The molecule has 2 saturated heterocycles. The number of amides is 1. The lowest BCUT2D eigenvalue weighted by atomic mass is 9.82. The molecule has 0 aromatic carbocycles. The quantitative estimate of drug-likeness (QED) is 0.860. The minimum atomic E-state index is -0.730. The Bertz CT molecular complexity index is 401. The van der Waals surface area contributed by atoms with Gasteiger partial charge >= 0.3 is 0 Å². The van der Waals surface area contributed by atoms with Crippen molar-refractivity contribution in [2.75, 3.05) is 32.8 Å². The number of rotatable bonds is 3. The van der Waals surface area contributed by atoms with Gasteiger partial charge in [0.2, 0.25) is 5.91 Å². The summed E-state index contributed by atoms with van der Waals surface area (Å²) in [5, 5.41) is 10.6. The van der Waals surface area contributed by atoms with E-state index in [1.165, 1.54) is 6.42 Å². The molecule has 1 amide bonds. The number of carbonyl (C=O) groups excluding carboxylic acids is 1. The molecule has 1 aliphatic carbocycles. The molecular weight excluding hydrogens is 292 g/mol. The molecule has 23 heavy (non-hydrogen) atoms. The van der Waals surface area contributed by atoms with Crippen LogP contribution in [0, 0.1) is 0 Å². The molecule has 3 aliphatic rings. The van der Waals surface area contributed by atoms with E-state index in [2.05, 4.69) is 11.8 Å². The van der Waals surface area contributed by atoms with Crippen molar-refractivity contribution in [1.29, 1.82) is 0 Å². The van der Waals surface area contributed by atoms with Gasteiger partial charge in [0.05, 0.1) is 24.7 Å². The summed E-state index contributed by atoms with van der Waals surface area (Å²) in [4.78, 5) is 17.1. The molecule has 2 heterocycles. The summed E-state index contributed by atoms with van der Waals surface area (Å²) in [6.45, 7) is 6.67. The van der Waals surface area contributed by atoms with Gasteiger partial charge in [-0.25, -0.2) is 0 Å². The van der Waals surface area contributed by atoms with Gasteiger partial charge in [-0.05, 0) is 32.6 Å². The number of aliphatic hydroxyl groups is 1. The number of nitrogens with zero attached hydrogens (tertiary/aromatic N) is 2. The second-order valence-corrected chi connectivity index (χ2v) is 7.75. The van der Waals surface area contributed by atoms with Crippen LogP contribution in [0.5, 0.6) is 0 Å². The number of carbonyl (C=O) groups is 1. The van der Waals surface area contributed by atoms with E-state index in [9.17, 15) is 9.90 Å². The highest BCUT2D eigenvalue weighted by Gasteiger charge is 2.35. The van der Waals surface area contributed by atoms with Gasteiger partial charge in [0, 0.05) is 32.2 Å². The van der Waals surface area contributed by atoms with Crippen molar-refractivity contribution in [1.82, 2.24) is 9.80 Å². The Kier molecular flexibility index (Phi) is 5.60. The van der Waals surface area contributed by atoms with E-state index in [0.717, 1.165) is 71.3 Å².